The molecule has 1 unspecified atom stereocenters. The number of rotatable bonds is 3. The molecule has 2 heterocycles. The lowest BCUT2D eigenvalue weighted by Gasteiger charge is -2.14. The van der Waals surface area contributed by atoms with Crippen LogP contribution in [0, 0.1) is 17.7 Å². The first kappa shape index (κ1) is 18.8. The summed E-state index contributed by atoms with van der Waals surface area (Å²) in [4.78, 5) is 17.6. The predicted octanol–water partition coefficient (Wildman–Crippen LogP) is 1.41. The number of halogens is 1. The summed E-state index contributed by atoms with van der Waals surface area (Å²) in [6, 6.07) is 7.21. The fraction of sp³-hybridized carbons (Fsp3) is 0.300. The van der Waals surface area contributed by atoms with E-state index in [1.54, 1.807) is 12.1 Å². The Kier molecular flexibility index (Phi) is 5.13. The lowest BCUT2D eigenvalue weighted by Crippen LogP contribution is -2.29. The van der Waals surface area contributed by atoms with Gasteiger partial charge in [0, 0.05) is 42.8 Å². The molecule has 1 aromatic heterocycles. The molecule has 1 aliphatic heterocycles. The van der Waals surface area contributed by atoms with Crippen molar-refractivity contribution < 1.29 is 19.0 Å². The van der Waals surface area contributed by atoms with Crippen molar-refractivity contribution in [3.8, 4) is 28.8 Å². The van der Waals surface area contributed by atoms with Gasteiger partial charge < -0.3 is 20.5 Å². The third kappa shape index (κ3) is 4.42. The van der Waals surface area contributed by atoms with Crippen LogP contribution in [0.1, 0.15) is 22.5 Å². The molecule has 1 fully saturated rings. The van der Waals surface area contributed by atoms with Crippen LogP contribution in [0.2, 0.25) is 0 Å². The number of ether oxygens (including phenoxy) is 1. The number of likely N-dealkylation sites (N-methyl/N-ethyl adjacent to an activating group) is 1. The van der Waals surface area contributed by atoms with Crippen molar-refractivity contribution in [2.75, 3.05) is 27.2 Å². The van der Waals surface area contributed by atoms with Crippen LogP contribution < -0.4 is 10.5 Å². The van der Waals surface area contributed by atoms with E-state index in [4.69, 9.17) is 10.5 Å². The topological polar surface area (TPSA) is 88.7 Å². The van der Waals surface area contributed by atoms with Gasteiger partial charge >= 0.3 is 0 Å². The van der Waals surface area contributed by atoms with E-state index >= 15 is 0 Å². The van der Waals surface area contributed by atoms with E-state index in [-0.39, 0.29) is 5.69 Å². The van der Waals surface area contributed by atoms with Gasteiger partial charge in [0.15, 0.2) is 0 Å². The molecule has 6 nitrogen and oxygen atoms in total. The summed E-state index contributed by atoms with van der Waals surface area (Å²) in [6.07, 6.45) is 0.540. The first-order valence-corrected chi connectivity index (χ1v) is 8.39. The van der Waals surface area contributed by atoms with Crippen molar-refractivity contribution in [3.05, 3.63) is 47.4 Å². The average molecular weight is 369 g/mol. The van der Waals surface area contributed by atoms with Crippen molar-refractivity contribution in [1.29, 1.82) is 0 Å². The second kappa shape index (κ2) is 7.35. The number of nitrogens with zero attached hydrogens (tertiary/aromatic N) is 2. The maximum absolute atomic E-state index is 14.1. The standard InChI is InChI=1S/C20H20FN3O3/c1-24-6-5-20(26,12-24)4-3-13-7-14(9-15(21)8-13)17-10-16(27-2)11-18(23-17)19(22)25/h7-11,26H,5-6,12H2,1-2H3,(H2,22,25). The Bertz CT molecular complexity index is 951. The number of amides is 1. The van der Waals surface area contributed by atoms with Gasteiger partial charge in [0.1, 0.15) is 22.9 Å². The summed E-state index contributed by atoms with van der Waals surface area (Å²) in [6.45, 7) is 1.20. The average Bonchev–Trinajstić information content (AvgIpc) is 2.98. The number of hydrogen-bond donors (Lipinski definition) is 2. The van der Waals surface area contributed by atoms with Gasteiger partial charge in [0.25, 0.3) is 5.91 Å². The summed E-state index contributed by atoms with van der Waals surface area (Å²) in [5, 5.41) is 10.5. The van der Waals surface area contributed by atoms with E-state index < -0.39 is 17.3 Å². The predicted molar refractivity (Wildman–Crippen MR) is 98.6 cm³/mol. The Morgan fingerprint density at radius 2 is 2.15 bits per heavy atom. The smallest absolute Gasteiger partial charge is 0.267 e. The molecule has 1 aromatic carbocycles. The number of nitrogens with two attached hydrogens (primary N) is 1. The fourth-order valence-electron chi connectivity index (χ4n) is 2.98. The molecular weight excluding hydrogens is 349 g/mol. The molecule has 140 valence electrons. The van der Waals surface area contributed by atoms with E-state index in [0.717, 1.165) is 6.54 Å². The Labute approximate surface area is 156 Å². The van der Waals surface area contributed by atoms with Gasteiger partial charge in [-0.15, -0.1) is 0 Å². The lowest BCUT2D eigenvalue weighted by molar-refractivity contribution is 0.0995. The van der Waals surface area contributed by atoms with Crippen molar-refractivity contribution in [3.63, 3.8) is 0 Å². The number of methoxy groups -OCH3 is 1. The Hall–Kier alpha value is -2.95. The number of likely N-dealkylation sites (tertiary alicyclic amines) is 1. The van der Waals surface area contributed by atoms with Gasteiger partial charge in [-0.25, -0.2) is 9.37 Å². The number of primary amides is 1. The molecule has 0 radical (unpaired) electrons. The van der Waals surface area contributed by atoms with Crippen molar-refractivity contribution in [2.24, 2.45) is 5.73 Å². The number of aliphatic hydroxyl groups is 1. The van der Waals surface area contributed by atoms with Gasteiger partial charge in [-0.3, -0.25) is 4.79 Å². The molecular formula is C20H20FN3O3. The molecule has 0 bridgehead atoms. The highest BCUT2D eigenvalue weighted by Gasteiger charge is 2.32. The molecule has 2 aromatic rings. The number of pyridine rings is 1. The van der Waals surface area contributed by atoms with E-state index in [1.165, 1.54) is 25.3 Å². The van der Waals surface area contributed by atoms with Crippen LogP contribution in [0.3, 0.4) is 0 Å². The highest BCUT2D eigenvalue weighted by atomic mass is 19.1. The summed E-state index contributed by atoms with van der Waals surface area (Å²) >= 11 is 0. The molecule has 1 amide bonds. The molecule has 1 aliphatic rings. The minimum Gasteiger partial charge on any atom is -0.497 e. The van der Waals surface area contributed by atoms with Crippen LogP contribution in [-0.4, -0.2) is 53.7 Å². The SMILES string of the molecule is COc1cc(C(N)=O)nc(-c2cc(F)cc(C#CC3(O)CCN(C)C3)c2)c1. The summed E-state index contributed by atoms with van der Waals surface area (Å²) in [7, 11) is 3.36. The van der Waals surface area contributed by atoms with Crippen LogP contribution in [-0.2, 0) is 0 Å². The zero-order valence-corrected chi connectivity index (χ0v) is 15.1. The van der Waals surface area contributed by atoms with E-state index in [1.807, 2.05) is 11.9 Å². The van der Waals surface area contributed by atoms with Crippen molar-refractivity contribution >= 4 is 5.91 Å². The highest BCUT2D eigenvalue weighted by molar-refractivity contribution is 5.91. The second-order valence-corrected chi connectivity index (χ2v) is 6.64. The molecule has 0 spiro atoms. The number of carbonyl (C=O) groups is 1. The Morgan fingerprint density at radius 3 is 2.78 bits per heavy atom. The van der Waals surface area contributed by atoms with Crippen LogP contribution in [0.15, 0.2) is 30.3 Å². The Morgan fingerprint density at radius 1 is 1.37 bits per heavy atom. The van der Waals surface area contributed by atoms with E-state index in [9.17, 15) is 14.3 Å². The molecule has 3 N–H and O–H groups in total. The van der Waals surface area contributed by atoms with Gasteiger partial charge in [0.05, 0.1) is 12.8 Å². The minimum atomic E-state index is -1.10. The largest absolute Gasteiger partial charge is 0.497 e. The van der Waals surface area contributed by atoms with Crippen LogP contribution in [0.5, 0.6) is 5.75 Å². The number of β-amino-alcohol motifs (C(OH)–C–C–N with tert-alkyl or cyclic N) is 1. The number of benzene rings is 1. The van der Waals surface area contributed by atoms with Crippen LogP contribution in [0.4, 0.5) is 4.39 Å². The fourth-order valence-corrected chi connectivity index (χ4v) is 2.98. The highest BCUT2D eigenvalue weighted by Crippen LogP contribution is 2.25. The Balaban J connectivity index is 2.00. The first-order valence-electron chi connectivity index (χ1n) is 8.39. The number of carbonyl (C=O) groups excluding carboxylic acids is 1. The zero-order chi connectivity index (χ0) is 19.6. The summed E-state index contributed by atoms with van der Waals surface area (Å²) < 4.78 is 19.3. The van der Waals surface area contributed by atoms with Crippen molar-refractivity contribution in [1.82, 2.24) is 9.88 Å². The van der Waals surface area contributed by atoms with E-state index in [2.05, 4.69) is 16.8 Å². The van der Waals surface area contributed by atoms with E-state index in [0.29, 0.717) is 35.5 Å². The zero-order valence-electron chi connectivity index (χ0n) is 15.1. The van der Waals surface area contributed by atoms with Gasteiger partial charge in [-0.05, 0) is 25.2 Å². The second-order valence-electron chi connectivity index (χ2n) is 6.64. The van der Waals surface area contributed by atoms with Gasteiger partial charge in [-0.2, -0.15) is 0 Å². The molecule has 27 heavy (non-hydrogen) atoms. The van der Waals surface area contributed by atoms with Crippen LogP contribution >= 0.6 is 0 Å². The maximum atomic E-state index is 14.1. The third-order valence-electron chi connectivity index (χ3n) is 4.36. The molecule has 0 aliphatic carbocycles. The molecule has 0 saturated carbocycles. The van der Waals surface area contributed by atoms with Gasteiger partial charge in [0.2, 0.25) is 0 Å². The molecule has 3 rings (SSSR count). The molecule has 1 saturated heterocycles. The number of hydrogen-bond acceptors (Lipinski definition) is 5. The lowest BCUT2D eigenvalue weighted by atomic mass is 10.0. The van der Waals surface area contributed by atoms with Crippen molar-refractivity contribution in [2.45, 2.75) is 12.0 Å². The quantitative estimate of drug-likeness (QED) is 0.799. The number of aromatic nitrogens is 1. The minimum absolute atomic E-state index is 0.0181. The maximum Gasteiger partial charge on any atom is 0.267 e. The van der Waals surface area contributed by atoms with Crippen LogP contribution in [0.25, 0.3) is 11.3 Å². The summed E-state index contributed by atoms with van der Waals surface area (Å²) in [5.74, 6) is 4.86. The molecule has 7 heteroatoms. The molecule has 1 atom stereocenters. The first-order chi connectivity index (χ1) is 12.8. The monoisotopic (exact) mass is 369 g/mol. The normalized spacial score (nSPS) is 19.4. The summed E-state index contributed by atoms with van der Waals surface area (Å²) in [5.41, 5.74) is 5.38. The third-order valence-corrected chi connectivity index (χ3v) is 4.36. The van der Waals surface area contributed by atoms with Gasteiger partial charge in [-0.1, -0.05) is 11.8 Å².